The highest BCUT2D eigenvalue weighted by Crippen LogP contribution is 2.11. The fourth-order valence-corrected chi connectivity index (χ4v) is 2.29. The van der Waals surface area contributed by atoms with Crippen LogP contribution in [0.5, 0.6) is 0 Å². The molecule has 0 aliphatic carbocycles. The summed E-state index contributed by atoms with van der Waals surface area (Å²) in [7, 11) is 0. The molecule has 0 aromatic carbocycles. The van der Waals surface area contributed by atoms with Crippen LogP contribution in [0.3, 0.4) is 0 Å². The first kappa shape index (κ1) is 14.0. The number of unbranched alkanes of at least 4 members (excludes halogenated alkanes) is 4. The van der Waals surface area contributed by atoms with E-state index in [2.05, 4.69) is 33.8 Å². The number of fused-ring (bicyclic) bond motifs is 1. The zero-order valence-electron chi connectivity index (χ0n) is 12.0. The van der Waals surface area contributed by atoms with Crippen molar-refractivity contribution in [2.45, 2.75) is 52.0 Å². The van der Waals surface area contributed by atoms with E-state index in [4.69, 9.17) is 0 Å². The maximum atomic E-state index is 4.27. The van der Waals surface area contributed by atoms with Crippen molar-refractivity contribution in [2.75, 3.05) is 6.54 Å². The van der Waals surface area contributed by atoms with Crippen LogP contribution in [0.4, 0.5) is 0 Å². The van der Waals surface area contributed by atoms with Crippen molar-refractivity contribution in [2.24, 2.45) is 0 Å². The van der Waals surface area contributed by atoms with E-state index >= 15 is 0 Å². The summed E-state index contributed by atoms with van der Waals surface area (Å²) in [5.74, 6) is 0.990. The highest BCUT2D eigenvalue weighted by Gasteiger charge is 2.11. The van der Waals surface area contributed by atoms with Gasteiger partial charge in [0.1, 0.15) is 0 Å². The molecule has 0 spiro atoms. The molecule has 2 rings (SSSR count). The Hall–Kier alpha value is -1.42. The van der Waals surface area contributed by atoms with Gasteiger partial charge >= 0.3 is 0 Å². The average Bonchev–Trinajstić information content (AvgIpc) is 2.86. The monoisotopic (exact) mass is 260 g/mol. The summed E-state index contributed by atoms with van der Waals surface area (Å²) in [4.78, 5) is 0. The third-order valence-electron chi connectivity index (χ3n) is 3.46. The number of hydrogen-bond acceptors (Lipinski definition) is 3. The highest BCUT2D eigenvalue weighted by atomic mass is 15.3. The Morgan fingerprint density at radius 3 is 2.84 bits per heavy atom. The van der Waals surface area contributed by atoms with E-state index in [0.29, 0.717) is 0 Å². The van der Waals surface area contributed by atoms with Gasteiger partial charge in [-0.25, -0.2) is 0 Å². The minimum Gasteiger partial charge on any atom is -0.308 e. The van der Waals surface area contributed by atoms with Crippen LogP contribution >= 0.6 is 0 Å². The van der Waals surface area contributed by atoms with Gasteiger partial charge in [-0.15, -0.1) is 10.2 Å². The molecule has 0 aliphatic rings. The third-order valence-corrected chi connectivity index (χ3v) is 3.46. The van der Waals surface area contributed by atoms with Crippen LogP contribution in [-0.4, -0.2) is 21.1 Å². The Morgan fingerprint density at radius 1 is 1.16 bits per heavy atom. The van der Waals surface area contributed by atoms with Crippen LogP contribution in [0, 0.1) is 0 Å². The number of nitrogens with zero attached hydrogens (tertiary/aromatic N) is 3. The predicted molar refractivity (Wildman–Crippen MR) is 78.2 cm³/mol. The first-order valence-electron chi connectivity index (χ1n) is 7.36. The van der Waals surface area contributed by atoms with Crippen molar-refractivity contribution in [1.82, 2.24) is 19.9 Å². The molecule has 1 unspecified atom stereocenters. The van der Waals surface area contributed by atoms with Gasteiger partial charge in [0.2, 0.25) is 0 Å². The van der Waals surface area contributed by atoms with E-state index in [1.165, 1.54) is 32.1 Å². The summed E-state index contributed by atoms with van der Waals surface area (Å²) in [6, 6.07) is 6.22. The maximum absolute atomic E-state index is 4.27. The summed E-state index contributed by atoms with van der Waals surface area (Å²) in [6.07, 6.45) is 8.57. The molecular formula is C15H24N4. The van der Waals surface area contributed by atoms with Crippen LogP contribution < -0.4 is 5.32 Å². The van der Waals surface area contributed by atoms with Gasteiger partial charge in [0, 0.05) is 6.20 Å². The lowest BCUT2D eigenvalue weighted by molar-refractivity contribution is 0.511. The Kier molecular flexibility index (Phi) is 5.33. The summed E-state index contributed by atoms with van der Waals surface area (Å²) in [5, 5.41) is 12.0. The Bertz CT molecular complexity index is 492. The van der Waals surface area contributed by atoms with Gasteiger partial charge < -0.3 is 5.32 Å². The number of aromatic nitrogens is 3. The van der Waals surface area contributed by atoms with E-state index < -0.39 is 0 Å². The fourth-order valence-electron chi connectivity index (χ4n) is 2.29. The van der Waals surface area contributed by atoms with E-state index in [9.17, 15) is 0 Å². The molecule has 1 atom stereocenters. The minimum absolute atomic E-state index is 0.239. The highest BCUT2D eigenvalue weighted by molar-refractivity contribution is 5.37. The molecule has 104 valence electrons. The molecular weight excluding hydrogens is 236 g/mol. The zero-order chi connectivity index (χ0) is 13.5. The molecule has 0 bridgehead atoms. The molecule has 0 fully saturated rings. The average molecular weight is 260 g/mol. The lowest BCUT2D eigenvalue weighted by Crippen LogP contribution is -2.21. The Labute approximate surface area is 115 Å². The molecule has 0 saturated carbocycles. The number of pyridine rings is 1. The summed E-state index contributed by atoms with van der Waals surface area (Å²) in [5.41, 5.74) is 0.911. The van der Waals surface area contributed by atoms with Gasteiger partial charge in [0.05, 0.1) is 6.04 Å². The summed E-state index contributed by atoms with van der Waals surface area (Å²) < 4.78 is 2.05. The first-order chi connectivity index (χ1) is 9.33. The number of nitrogens with one attached hydrogen (secondary N) is 1. The molecule has 0 amide bonds. The summed E-state index contributed by atoms with van der Waals surface area (Å²) in [6.45, 7) is 5.44. The molecule has 19 heavy (non-hydrogen) atoms. The van der Waals surface area contributed by atoms with Crippen LogP contribution in [0.15, 0.2) is 24.4 Å². The van der Waals surface area contributed by atoms with Crippen LogP contribution in [0.2, 0.25) is 0 Å². The fraction of sp³-hybridized carbons (Fsp3) is 0.600. The van der Waals surface area contributed by atoms with Crippen molar-refractivity contribution >= 4 is 5.65 Å². The van der Waals surface area contributed by atoms with Gasteiger partial charge in [0.15, 0.2) is 11.5 Å². The van der Waals surface area contributed by atoms with Crippen molar-refractivity contribution in [3.8, 4) is 0 Å². The van der Waals surface area contributed by atoms with E-state index in [-0.39, 0.29) is 6.04 Å². The van der Waals surface area contributed by atoms with Gasteiger partial charge in [-0.2, -0.15) is 0 Å². The molecule has 2 heterocycles. The number of rotatable bonds is 8. The molecule has 0 aliphatic heterocycles. The smallest absolute Gasteiger partial charge is 0.160 e. The van der Waals surface area contributed by atoms with Crippen molar-refractivity contribution < 1.29 is 0 Å². The molecule has 2 aromatic rings. The van der Waals surface area contributed by atoms with Gasteiger partial charge in [0.25, 0.3) is 0 Å². The maximum Gasteiger partial charge on any atom is 0.160 e. The van der Waals surface area contributed by atoms with Gasteiger partial charge in [-0.05, 0) is 32.0 Å². The summed E-state index contributed by atoms with van der Waals surface area (Å²) >= 11 is 0. The Balaban J connectivity index is 1.81. The molecule has 1 N–H and O–H groups in total. The third kappa shape index (κ3) is 3.77. The van der Waals surface area contributed by atoms with E-state index in [1.54, 1.807) is 0 Å². The van der Waals surface area contributed by atoms with Gasteiger partial charge in [-0.3, -0.25) is 4.40 Å². The van der Waals surface area contributed by atoms with E-state index in [1.807, 2.05) is 24.4 Å². The first-order valence-corrected chi connectivity index (χ1v) is 7.36. The largest absolute Gasteiger partial charge is 0.308 e. The quantitative estimate of drug-likeness (QED) is 0.740. The van der Waals surface area contributed by atoms with Crippen molar-refractivity contribution in [3.63, 3.8) is 0 Å². The van der Waals surface area contributed by atoms with Crippen LogP contribution in [0.1, 0.15) is 57.8 Å². The Morgan fingerprint density at radius 2 is 2.00 bits per heavy atom. The molecule has 0 saturated heterocycles. The standard InChI is InChI=1S/C15H24N4/c1-3-4-5-6-8-11-16-13(2)15-18-17-14-10-7-9-12-19(14)15/h7,9-10,12-13,16H,3-6,8,11H2,1-2H3. The van der Waals surface area contributed by atoms with E-state index in [0.717, 1.165) is 18.0 Å². The zero-order valence-corrected chi connectivity index (χ0v) is 12.0. The molecule has 4 nitrogen and oxygen atoms in total. The SMILES string of the molecule is CCCCCCCNC(C)c1nnc2ccccn12. The molecule has 4 heteroatoms. The predicted octanol–water partition coefficient (Wildman–Crippen LogP) is 3.35. The second-order valence-corrected chi connectivity index (χ2v) is 5.08. The molecule has 0 radical (unpaired) electrons. The van der Waals surface area contributed by atoms with Crippen LogP contribution in [0.25, 0.3) is 5.65 Å². The second kappa shape index (κ2) is 7.24. The minimum atomic E-state index is 0.239. The van der Waals surface area contributed by atoms with Crippen LogP contribution in [-0.2, 0) is 0 Å². The lowest BCUT2D eigenvalue weighted by atomic mass is 10.1. The van der Waals surface area contributed by atoms with Crippen molar-refractivity contribution in [3.05, 3.63) is 30.2 Å². The van der Waals surface area contributed by atoms with Crippen molar-refractivity contribution in [1.29, 1.82) is 0 Å². The topological polar surface area (TPSA) is 42.2 Å². The normalized spacial score (nSPS) is 12.9. The second-order valence-electron chi connectivity index (χ2n) is 5.08. The molecule has 2 aromatic heterocycles. The van der Waals surface area contributed by atoms with Gasteiger partial charge in [-0.1, -0.05) is 38.7 Å². The number of hydrogen-bond donors (Lipinski definition) is 1. The lowest BCUT2D eigenvalue weighted by Gasteiger charge is -2.12.